The molecule has 1 aliphatic rings. The maximum Gasteiger partial charge on any atom is 0.259 e. The van der Waals surface area contributed by atoms with Crippen molar-refractivity contribution in [3.8, 4) is 11.1 Å². The molecule has 0 radical (unpaired) electrons. The molecule has 0 atom stereocenters. The van der Waals surface area contributed by atoms with Crippen LogP contribution in [-0.2, 0) is 5.54 Å². The van der Waals surface area contributed by atoms with E-state index < -0.39 is 5.54 Å². The van der Waals surface area contributed by atoms with Crippen molar-refractivity contribution in [2.75, 3.05) is 4.90 Å². The fourth-order valence-corrected chi connectivity index (χ4v) is 7.44. The van der Waals surface area contributed by atoms with Crippen LogP contribution in [0.25, 0.3) is 21.9 Å². The summed E-state index contributed by atoms with van der Waals surface area (Å²) in [7, 11) is 3.31. The number of benzene rings is 3. The summed E-state index contributed by atoms with van der Waals surface area (Å²) in [5, 5.41) is 2.21. The zero-order valence-corrected chi connectivity index (χ0v) is 18.8. The molecule has 0 unspecified atom stereocenters. The van der Waals surface area contributed by atoms with E-state index in [1.54, 1.807) is 20.7 Å². The number of hydrogen-bond acceptors (Lipinski definition) is 4. The van der Waals surface area contributed by atoms with Gasteiger partial charge in [0.15, 0.2) is 0 Å². The second-order valence-electron chi connectivity index (χ2n) is 7.94. The Morgan fingerprint density at radius 2 is 1.72 bits per heavy atom. The summed E-state index contributed by atoms with van der Waals surface area (Å²) in [6.45, 7) is 6.31. The van der Waals surface area contributed by atoms with E-state index in [0.717, 1.165) is 37.0 Å². The maximum absolute atomic E-state index is 13.8. The summed E-state index contributed by atoms with van der Waals surface area (Å²) < 4.78 is 0.905. The molecule has 144 valence electrons. The first-order chi connectivity index (χ1) is 13.9. The van der Waals surface area contributed by atoms with E-state index in [9.17, 15) is 4.79 Å². The summed E-state index contributed by atoms with van der Waals surface area (Å²) >= 11 is 5.67. The molecule has 0 aliphatic carbocycles. The summed E-state index contributed by atoms with van der Waals surface area (Å²) in [6, 6.07) is 20.4. The lowest BCUT2D eigenvalue weighted by molar-refractivity contribution is 0.0961. The van der Waals surface area contributed by atoms with Crippen molar-refractivity contribution in [2.24, 2.45) is 0 Å². The van der Waals surface area contributed by atoms with Crippen LogP contribution < -0.4 is 4.90 Å². The van der Waals surface area contributed by atoms with Crippen LogP contribution >= 0.6 is 32.9 Å². The normalized spacial score (nSPS) is 14.5. The number of hydrogen-bond donors (Lipinski definition) is 0. The number of carbonyl (C=O) groups excluding carboxylic acids is 1. The molecule has 3 aromatic carbocycles. The number of anilines is 1. The van der Waals surface area contributed by atoms with E-state index >= 15 is 0 Å². The Bertz CT molecular complexity index is 1350. The van der Waals surface area contributed by atoms with Gasteiger partial charge >= 0.3 is 0 Å². The summed E-state index contributed by atoms with van der Waals surface area (Å²) in [6.07, 6.45) is 0. The predicted molar refractivity (Wildman–Crippen MR) is 127 cm³/mol. The highest BCUT2D eigenvalue weighted by Gasteiger charge is 2.43. The highest BCUT2D eigenvalue weighted by Crippen LogP contribution is 2.52. The van der Waals surface area contributed by atoms with E-state index in [4.69, 9.17) is 12.2 Å². The smallest absolute Gasteiger partial charge is 0.259 e. The SMILES string of the molecule is Cc1ccc2c(c1)-c1c(ssc1=S)C(C)(C)N2C(=O)c1ccc2ccccc2c1. The number of fused-ring (bicyclic) bond motifs is 4. The lowest BCUT2D eigenvalue weighted by Crippen LogP contribution is -2.47. The fraction of sp³-hybridized carbons (Fsp3) is 0.167. The third-order valence-electron chi connectivity index (χ3n) is 5.61. The highest BCUT2D eigenvalue weighted by atomic mass is 32.9. The number of carbonyl (C=O) groups is 1. The van der Waals surface area contributed by atoms with Crippen LogP contribution in [0.15, 0.2) is 60.7 Å². The van der Waals surface area contributed by atoms with Gasteiger partial charge in [0.25, 0.3) is 5.91 Å². The van der Waals surface area contributed by atoms with E-state index in [-0.39, 0.29) is 5.91 Å². The first-order valence-electron chi connectivity index (χ1n) is 9.46. The van der Waals surface area contributed by atoms with Crippen LogP contribution in [0.4, 0.5) is 5.69 Å². The molecule has 29 heavy (non-hydrogen) atoms. The van der Waals surface area contributed by atoms with Crippen LogP contribution in [0.5, 0.6) is 0 Å². The van der Waals surface area contributed by atoms with E-state index in [1.807, 2.05) is 41.3 Å². The molecule has 0 bridgehead atoms. The Labute approximate surface area is 182 Å². The zero-order valence-electron chi connectivity index (χ0n) is 16.4. The number of nitrogens with zero attached hydrogens (tertiary/aromatic N) is 1. The van der Waals surface area contributed by atoms with Gasteiger partial charge in [0.1, 0.15) is 3.82 Å². The van der Waals surface area contributed by atoms with Crippen molar-refractivity contribution >= 4 is 55.3 Å². The van der Waals surface area contributed by atoms with Crippen LogP contribution in [0, 0.1) is 10.7 Å². The van der Waals surface area contributed by atoms with Crippen LogP contribution in [-0.4, -0.2) is 5.91 Å². The summed E-state index contributed by atoms with van der Waals surface area (Å²) in [5.41, 5.74) is 4.52. The van der Waals surface area contributed by atoms with Crippen molar-refractivity contribution in [1.82, 2.24) is 0 Å². The first-order valence-corrected chi connectivity index (χ1v) is 12.0. The van der Waals surface area contributed by atoms with Crippen LogP contribution in [0.2, 0.25) is 0 Å². The predicted octanol–water partition coefficient (Wildman–Crippen LogP) is 7.56. The molecular formula is C24H19NOS3. The first kappa shape index (κ1) is 18.7. The van der Waals surface area contributed by atoms with Gasteiger partial charge in [-0.25, -0.2) is 0 Å². The molecule has 1 aliphatic heterocycles. The molecule has 5 rings (SSSR count). The molecule has 5 heteroatoms. The van der Waals surface area contributed by atoms with Gasteiger partial charge in [-0.05, 0) is 55.8 Å². The Morgan fingerprint density at radius 3 is 2.52 bits per heavy atom. The topological polar surface area (TPSA) is 20.3 Å². The van der Waals surface area contributed by atoms with Gasteiger partial charge in [0.05, 0.1) is 16.1 Å². The van der Waals surface area contributed by atoms with E-state index in [1.165, 1.54) is 4.88 Å². The minimum atomic E-state index is -0.474. The van der Waals surface area contributed by atoms with Gasteiger partial charge in [-0.1, -0.05) is 74.9 Å². The van der Waals surface area contributed by atoms with Gasteiger partial charge in [-0.3, -0.25) is 9.69 Å². The highest BCUT2D eigenvalue weighted by molar-refractivity contribution is 7.80. The number of amides is 1. The Hall–Kier alpha value is -2.34. The van der Waals surface area contributed by atoms with Crippen molar-refractivity contribution in [2.45, 2.75) is 26.3 Å². The average Bonchev–Trinajstić information content (AvgIpc) is 3.11. The Morgan fingerprint density at radius 1 is 0.966 bits per heavy atom. The van der Waals surface area contributed by atoms with Gasteiger partial charge < -0.3 is 0 Å². The van der Waals surface area contributed by atoms with Gasteiger partial charge in [-0.2, -0.15) is 0 Å². The van der Waals surface area contributed by atoms with Crippen molar-refractivity contribution in [3.63, 3.8) is 0 Å². The lowest BCUT2D eigenvalue weighted by Gasteiger charge is -2.43. The second-order valence-corrected chi connectivity index (χ2v) is 10.8. The molecule has 2 heterocycles. The van der Waals surface area contributed by atoms with Gasteiger partial charge in [0, 0.05) is 16.7 Å². The number of aryl methyl sites for hydroxylation is 1. The van der Waals surface area contributed by atoms with E-state index in [2.05, 4.69) is 45.0 Å². The molecular weight excluding hydrogens is 414 g/mol. The van der Waals surface area contributed by atoms with Crippen LogP contribution in [0.1, 0.15) is 34.6 Å². The summed E-state index contributed by atoms with van der Waals surface area (Å²) in [5.74, 6) is 0.0147. The molecule has 0 saturated carbocycles. The van der Waals surface area contributed by atoms with Crippen molar-refractivity contribution < 1.29 is 4.79 Å². The van der Waals surface area contributed by atoms with Crippen molar-refractivity contribution in [3.05, 3.63) is 80.5 Å². The standard InChI is InChI=1S/C24H19NOS3/c1-14-8-11-19-18(12-14)20-21(28-29-23(20)27)24(2,3)25(19)22(26)17-10-9-15-6-4-5-7-16(15)13-17/h4-13H,1-3H3. The summed E-state index contributed by atoms with van der Waals surface area (Å²) in [4.78, 5) is 16.9. The third kappa shape index (κ3) is 2.80. The molecule has 4 aromatic rings. The third-order valence-corrected chi connectivity index (χ3v) is 8.94. The fourth-order valence-electron chi connectivity index (χ4n) is 4.16. The molecule has 2 nitrogen and oxygen atoms in total. The van der Waals surface area contributed by atoms with Crippen LogP contribution in [0.3, 0.4) is 0 Å². The largest absolute Gasteiger partial charge is 0.297 e. The maximum atomic E-state index is 13.8. The Kier molecular flexibility index (Phi) is 4.24. The van der Waals surface area contributed by atoms with E-state index in [0.29, 0.717) is 5.56 Å². The monoisotopic (exact) mass is 433 g/mol. The molecule has 1 aromatic heterocycles. The average molecular weight is 434 g/mol. The molecule has 0 saturated heterocycles. The molecule has 0 spiro atoms. The minimum Gasteiger partial charge on any atom is -0.297 e. The Balaban J connectivity index is 1.73. The number of rotatable bonds is 1. The minimum absolute atomic E-state index is 0.0147. The van der Waals surface area contributed by atoms with Gasteiger partial charge in [-0.15, -0.1) is 0 Å². The zero-order chi connectivity index (χ0) is 20.3. The quantitative estimate of drug-likeness (QED) is 0.228. The molecule has 1 amide bonds. The molecule has 0 fully saturated rings. The molecule has 0 N–H and O–H groups in total. The van der Waals surface area contributed by atoms with Gasteiger partial charge in [0.2, 0.25) is 0 Å². The lowest BCUT2D eigenvalue weighted by atomic mass is 9.86. The second kappa shape index (κ2) is 6.59. The van der Waals surface area contributed by atoms with Crippen molar-refractivity contribution in [1.29, 1.82) is 0 Å².